The highest BCUT2D eigenvalue weighted by molar-refractivity contribution is 7.90. The quantitative estimate of drug-likeness (QED) is 0.786. The lowest BCUT2D eigenvalue weighted by molar-refractivity contribution is 0.593. The van der Waals surface area contributed by atoms with Gasteiger partial charge in [0.2, 0.25) is 0 Å². The number of rotatable bonds is 7. The third-order valence-electron chi connectivity index (χ3n) is 2.31. The number of nitrogens with zero attached hydrogens (tertiary/aromatic N) is 1. The minimum Gasteiger partial charge on any atom is -0.245 e. The molecule has 0 spiro atoms. The van der Waals surface area contributed by atoms with Gasteiger partial charge in [-0.15, -0.1) is 11.3 Å². The zero-order valence-corrected chi connectivity index (χ0v) is 12.8. The van der Waals surface area contributed by atoms with E-state index < -0.39 is 9.84 Å². The fraction of sp³-hybridized carbons (Fsp3) is 0.727. The predicted molar refractivity (Wildman–Crippen MR) is 76.6 cm³/mol. The summed E-state index contributed by atoms with van der Waals surface area (Å²) in [5, 5.41) is 0.714. The highest BCUT2D eigenvalue weighted by Gasteiger charge is 2.16. The second kappa shape index (κ2) is 6.75. The molecule has 1 aromatic heterocycles. The topological polar surface area (TPSA) is 47.0 Å². The van der Waals surface area contributed by atoms with Crippen LogP contribution in [0.25, 0.3) is 0 Å². The lowest BCUT2D eigenvalue weighted by Crippen LogP contribution is -2.08. The molecular formula is C11H19NO2S3. The Balaban J connectivity index is 2.85. The van der Waals surface area contributed by atoms with Crippen LogP contribution in [0.5, 0.6) is 0 Å². The van der Waals surface area contributed by atoms with E-state index in [-0.39, 0.29) is 11.5 Å². The number of aryl methyl sites for hydroxylation is 1. The molecular weight excluding hydrogens is 274 g/mol. The first-order valence-corrected chi connectivity index (χ1v) is 9.08. The number of thiazole rings is 1. The molecule has 0 aliphatic rings. The first kappa shape index (κ1) is 15.0. The van der Waals surface area contributed by atoms with Gasteiger partial charge in [0, 0.05) is 10.6 Å². The molecule has 0 atom stereocenters. The Morgan fingerprint density at radius 1 is 1.29 bits per heavy atom. The lowest BCUT2D eigenvalue weighted by atomic mass is 10.2. The zero-order valence-electron chi connectivity index (χ0n) is 10.3. The molecule has 98 valence electrons. The van der Waals surface area contributed by atoms with Crippen LogP contribution in [0.4, 0.5) is 0 Å². The Bertz CT molecular complexity index is 451. The fourth-order valence-corrected chi connectivity index (χ4v) is 4.75. The van der Waals surface area contributed by atoms with Gasteiger partial charge < -0.3 is 0 Å². The van der Waals surface area contributed by atoms with E-state index >= 15 is 0 Å². The molecule has 1 aromatic rings. The molecule has 0 saturated carbocycles. The monoisotopic (exact) mass is 293 g/mol. The maximum absolute atomic E-state index is 11.7. The predicted octanol–water partition coefficient (Wildman–Crippen LogP) is 2.85. The van der Waals surface area contributed by atoms with E-state index in [1.54, 1.807) is 0 Å². The van der Waals surface area contributed by atoms with Crippen LogP contribution in [0.1, 0.15) is 42.3 Å². The maximum Gasteiger partial charge on any atom is 0.156 e. The van der Waals surface area contributed by atoms with Crippen molar-refractivity contribution in [2.75, 3.05) is 5.75 Å². The number of hydrogen-bond donors (Lipinski definition) is 1. The molecule has 6 heteroatoms. The van der Waals surface area contributed by atoms with E-state index in [0.717, 1.165) is 23.4 Å². The minimum absolute atomic E-state index is 0.0794. The van der Waals surface area contributed by atoms with Crippen LogP contribution in [-0.4, -0.2) is 19.2 Å². The largest absolute Gasteiger partial charge is 0.245 e. The lowest BCUT2D eigenvalue weighted by Gasteiger charge is -1.98. The van der Waals surface area contributed by atoms with E-state index in [2.05, 4.69) is 24.5 Å². The summed E-state index contributed by atoms with van der Waals surface area (Å²) in [7, 11) is -2.99. The minimum atomic E-state index is -2.99. The first-order valence-electron chi connectivity index (χ1n) is 5.81. The third kappa shape index (κ3) is 4.60. The molecule has 1 rings (SSSR count). The van der Waals surface area contributed by atoms with Gasteiger partial charge in [-0.1, -0.05) is 20.3 Å². The van der Waals surface area contributed by atoms with E-state index in [1.807, 2.05) is 6.92 Å². The standard InChI is InChI=1S/C11H19NO2S3/c1-3-5-9-10(7-15)16-11(12-9)8-17(13,14)6-4-2/h15H,3-8H2,1-2H3. The van der Waals surface area contributed by atoms with Crippen molar-refractivity contribution in [2.24, 2.45) is 0 Å². The van der Waals surface area contributed by atoms with Gasteiger partial charge in [0.25, 0.3) is 0 Å². The molecule has 0 aromatic carbocycles. The number of hydrogen-bond acceptors (Lipinski definition) is 5. The van der Waals surface area contributed by atoms with Gasteiger partial charge >= 0.3 is 0 Å². The molecule has 0 aliphatic heterocycles. The SMILES string of the molecule is CCCc1nc(CS(=O)(=O)CCC)sc1CS. The molecule has 0 unspecified atom stereocenters. The normalized spacial score (nSPS) is 11.9. The van der Waals surface area contributed by atoms with Gasteiger partial charge in [-0.05, 0) is 12.8 Å². The molecule has 0 aliphatic carbocycles. The van der Waals surface area contributed by atoms with Gasteiger partial charge in [0.05, 0.1) is 11.4 Å². The molecule has 3 nitrogen and oxygen atoms in total. The van der Waals surface area contributed by atoms with Gasteiger partial charge in [-0.3, -0.25) is 0 Å². The van der Waals surface area contributed by atoms with Crippen molar-refractivity contribution < 1.29 is 8.42 Å². The van der Waals surface area contributed by atoms with Gasteiger partial charge in [0.15, 0.2) is 9.84 Å². The summed E-state index contributed by atoms with van der Waals surface area (Å²) in [4.78, 5) is 5.54. The van der Waals surface area contributed by atoms with Gasteiger partial charge in [0.1, 0.15) is 10.8 Å². The maximum atomic E-state index is 11.7. The average Bonchev–Trinajstić information content (AvgIpc) is 2.59. The Kier molecular flexibility index (Phi) is 5.95. The second-order valence-corrected chi connectivity index (χ2v) is 7.65. The van der Waals surface area contributed by atoms with Crippen LogP contribution in [-0.2, 0) is 27.8 Å². The summed E-state index contributed by atoms with van der Waals surface area (Å²) in [5.74, 6) is 0.961. The van der Waals surface area contributed by atoms with Gasteiger partial charge in [-0.2, -0.15) is 12.6 Å². The fourth-order valence-electron chi connectivity index (χ4n) is 1.63. The smallest absolute Gasteiger partial charge is 0.156 e. The van der Waals surface area contributed by atoms with E-state index in [9.17, 15) is 8.42 Å². The number of thiol groups is 1. The summed E-state index contributed by atoms with van der Waals surface area (Å²) >= 11 is 5.75. The van der Waals surface area contributed by atoms with Crippen molar-refractivity contribution in [3.63, 3.8) is 0 Å². The number of sulfone groups is 1. The summed E-state index contributed by atoms with van der Waals surface area (Å²) in [6.07, 6.45) is 2.58. The molecule has 1 heterocycles. The third-order valence-corrected chi connectivity index (χ3v) is 5.87. The van der Waals surface area contributed by atoms with Crippen molar-refractivity contribution >= 4 is 33.8 Å². The molecule has 0 radical (unpaired) electrons. The highest BCUT2D eigenvalue weighted by atomic mass is 32.2. The molecule has 0 saturated heterocycles. The molecule has 0 fully saturated rings. The molecule has 17 heavy (non-hydrogen) atoms. The van der Waals surface area contributed by atoms with Crippen LogP contribution < -0.4 is 0 Å². The van der Waals surface area contributed by atoms with Crippen molar-refractivity contribution in [3.8, 4) is 0 Å². The van der Waals surface area contributed by atoms with Crippen molar-refractivity contribution in [3.05, 3.63) is 15.6 Å². The summed E-state index contributed by atoms with van der Waals surface area (Å²) in [6, 6.07) is 0. The van der Waals surface area contributed by atoms with Crippen molar-refractivity contribution in [2.45, 2.75) is 44.6 Å². The highest BCUT2D eigenvalue weighted by Crippen LogP contribution is 2.23. The summed E-state index contributed by atoms with van der Waals surface area (Å²) in [5.41, 5.74) is 1.02. The van der Waals surface area contributed by atoms with Crippen LogP contribution in [0.15, 0.2) is 0 Å². The molecule has 0 amide bonds. The van der Waals surface area contributed by atoms with Crippen LogP contribution >= 0.6 is 24.0 Å². The van der Waals surface area contributed by atoms with E-state index in [1.165, 1.54) is 11.3 Å². The van der Waals surface area contributed by atoms with Crippen molar-refractivity contribution in [1.29, 1.82) is 0 Å². The Hall–Kier alpha value is -0.0700. The first-order chi connectivity index (χ1) is 8.02. The Morgan fingerprint density at radius 3 is 2.53 bits per heavy atom. The summed E-state index contributed by atoms with van der Waals surface area (Å²) < 4.78 is 23.4. The second-order valence-electron chi connectivity index (χ2n) is 3.98. The number of aromatic nitrogens is 1. The van der Waals surface area contributed by atoms with Crippen molar-refractivity contribution in [1.82, 2.24) is 4.98 Å². The van der Waals surface area contributed by atoms with E-state index in [4.69, 9.17) is 0 Å². The van der Waals surface area contributed by atoms with E-state index in [0.29, 0.717) is 17.2 Å². The molecule has 0 N–H and O–H groups in total. The molecule has 0 bridgehead atoms. The summed E-state index contributed by atoms with van der Waals surface area (Å²) in [6.45, 7) is 3.97. The van der Waals surface area contributed by atoms with Crippen LogP contribution in [0.3, 0.4) is 0 Å². The Labute approximate surface area is 113 Å². The average molecular weight is 293 g/mol. The Morgan fingerprint density at radius 2 is 2.00 bits per heavy atom. The zero-order chi connectivity index (χ0) is 12.9. The van der Waals surface area contributed by atoms with Crippen LogP contribution in [0.2, 0.25) is 0 Å². The van der Waals surface area contributed by atoms with Crippen LogP contribution in [0, 0.1) is 0 Å². The van der Waals surface area contributed by atoms with Gasteiger partial charge in [-0.25, -0.2) is 13.4 Å².